The molecule has 0 fully saturated rings. The first-order chi connectivity index (χ1) is 6.55. The van der Waals surface area contributed by atoms with Crippen molar-refractivity contribution in [2.45, 2.75) is 39.3 Å². The van der Waals surface area contributed by atoms with E-state index in [0.29, 0.717) is 5.56 Å². The van der Waals surface area contributed by atoms with Gasteiger partial charge < -0.3 is 4.57 Å². The molecule has 0 bridgehead atoms. The minimum absolute atomic E-state index is 0.275. The second-order valence-corrected chi connectivity index (χ2v) is 4.87. The summed E-state index contributed by atoms with van der Waals surface area (Å²) in [4.78, 5) is 0. The molecule has 1 aromatic heterocycles. The minimum Gasteiger partial charge on any atom is -0.343 e. The summed E-state index contributed by atoms with van der Waals surface area (Å²) in [6, 6.07) is 1.21. The van der Waals surface area contributed by atoms with Gasteiger partial charge in [0.15, 0.2) is 0 Å². The van der Waals surface area contributed by atoms with Crippen molar-refractivity contribution in [2.75, 3.05) is 0 Å². The van der Waals surface area contributed by atoms with Gasteiger partial charge in [0.25, 0.3) is 0 Å². The van der Waals surface area contributed by atoms with Gasteiger partial charge in [0.05, 0.1) is 0 Å². The van der Waals surface area contributed by atoms with E-state index in [2.05, 4.69) is 0 Å². The Morgan fingerprint density at radius 3 is 1.80 bits per heavy atom. The summed E-state index contributed by atoms with van der Waals surface area (Å²) in [5, 5.41) is 0. The van der Waals surface area contributed by atoms with E-state index in [4.69, 9.17) is 0 Å². The van der Waals surface area contributed by atoms with E-state index in [1.54, 1.807) is 6.92 Å². The summed E-state index contributed by atoms with van der Waals surface area (Å²) < 4.78 is 39.1. The van der Waals surface area contributed by atoms with E-state index >= 15 is 0 Å². The minimum atomic E-state index is -4.27. The maximum Gasteiger partial charge on any atom is 0.431 e. The lowest BCUT2D eigenvalue weighted by Gasteiger charge is -2.22. The molecule has 0 unspecified atom stereocenters. The van der Waals surface area contributed by atoms with Crippen molar-refractivity contribution < 1.29 is 13.2 Å². The number of hydrogen-bond donors (Lipinski definition) is 0. The average Bonchev–Trinajstić information content (AvgIpc) is 2.22. The SMILES string of the molecule is Cc1cc(C(F)(F)F)n(C)c1C(C)(C)C. The fraction of sp³-hybridized carbons (Fsp3) is 0.636. The summed E-state index contributed by atoms with van der Waals surface area (Å²) in [6.45, 7) is 7.45. The molecule has 0 radical (unpaired) electrons. The van der Waals surface area contributed by atoms with E-state index in [1.807, 2.05) is 20.8 Å². The first kappa shape index (κ1) is 12.1. The molecule has 0 saturated carbocycles. The van der Waals surface area contributed by atoms with Gasteiger partial charge in [-0.1, -0.05) is 20.8 Å². The van der Waals surface area contributed by atoms with Crippen LogP contribution in [0, 0.1) is 6.92 Å². The van der Waals surface area contributed by atoms with Crippen LogP contribution in [0.25, 0.3) is 0 Å². The maximum absolute atomic E-state index is 12.6. The lowest BCUT2D eigenvalue weighted by Crippen LogP contribution is -2.20. The largest absolute Gasteiger partial charge is 0.431 e. The van der Waals surface area contributed by atoms with Gasteiger partial charge in [0.1, 0.15) is 5.69 Å². The van der Waals surface area contributed by atoms with Crippen molar-refractivity contribution >= 4 is 0 Å². The molecule has 1 heterocycles. The third kappa shape index (κ3) is 2.19. The van der Waals surface area contributed by atoms with Gasteiger partial charge in [-0.05, 0) is 18.6 Å². The van der Waals surface area contributed by atoms with Gasteiger partial charge in [0, 0.05) is 18.2 Å². The summed E-state index contributed by atoms with van der Waals surface area (Å²) in [6.07, 6.45) is -4.27. The van der Waals surface area contributed by atoms with Crippen molar-refractivity contribution in [3.63, 3.8) is 0 Å². The van der Waals surface area contributed by atoms with Crippen LogP contribution >= 0.6 is 0 Å². The number of hydrogen-bond acceptors (Lipinski definition) is 0. The highest BCUT2D eigenvalue weighted by Gasteiger charge is 2.36. The predicted molar refractivity (Wildman–Crippen MR) is 53.9 cm³/mol. The zero-order valence-corrected chi connectivity index (χ0v) is 9.66. The zero-order chi connectivity index (χ0) is 12.0. The Balaban J connectivity index is 3.41. The van der Waals surface area contributed by atoms with Crippen LogP contribution < -0.4 is 0 Å². The van der Waals surface area contributed by atoms with E-state index in [-0.39, 0.29) is 5.41 Å². The Bertz CT molecular complexity index is 366. The molecule has 15 heavy (non-hydrogen) atoms. The van der Waals surface area contributed by atoms with Crippen LogP contribution in [-0.4, -0.2) is 4.57 Å². The van der Waals surface area contributed by atoms with E-state index < -0.39 is 11.9 Å². The lowest BCUT2D eigenvalue weighted by atomic mass is 9.90. The maximum atomic E-state index is 12.6. The molecular weight excluding hydrogens is 203 g/mol. The number of alkyl halides is 3. The molecule has 86 valence electrons. The third-order valence-corrected chi connectivity index (χ3v) is 2.42. The molecule has 0 amide bonds. The molecule has 0 aliphatic carbocycles. The lowest BCUT2D eigenvalue weighted by molar-refractivity contribution is -0.143. The van der Waals surface area contributed by atoms with Crippen LogP contribution in [0.4, 0.5) is 13.2 Å². The average molecular weight is 219 g/mol. The fourth-order valence-electron chi connectivity index (χ4n) is 2.12. The van der Waals surface area contributed by atoms with Gasteiger partial charge >= 0.3 is 6.18 Å². The highest BCUT2D eigenvalue weighted by atomic mass is 19.4. The normalized spacial score (nSPS) is 13.3. The van der Waals surface area contributed by atoms with E-state index in [1.165, 1.54) is 17.7 Å². The monoisotopic (exact) mass is 219 g/mol. The second-order valence-electron chi connectivity index (χ2n) is 4.87. The van der Waals surface area contributed by atoms with Crippen LogP contribution in [0.2, 0.25) is 0 Å². The van der Waals surface area contributed by atoms with Crippen molar-refractivity contribution in [1.82, 2.24) is 4.57 Å². The zero-order valence-electron chi connectivity index (χ0n) is 9.66. The number of nitrogens with zero attached hydrogens (tertiary/aromatic N) is 1. The van der Waals surface area contributed by atoms with Crippen LogP contribution in [0.1, 0.15) is 37.7 Å². The Hall–Kier alpha value is -0.930. The first-order valence-corrected chi connectivity index (χ1v) is 4.79. The molecule has 0 aromatic carbocycles. The van der Waals surface area contributed by atoms with Crippen molar-refractivity contribution in [3.05, 3.63) is 23.0 Å². The van der Waals surface area contributed by atoms with Crippen LogP contribution in [0.15, 0.2) is 6.07 Å². The summed E-state index contributed by atoms with van der Waals surface area (Å²) in [5.74, 6) is 0. The highest BCUT2D eigenvalue weighted by Crippen LogP contribution is 2.35. The molecule has 0 saturated heterocycles. The Morgan fingerprint density at radius 2 is 1.60 bits per heavy atom. The molecule has 0 spiro atoms. The molecule has 0 atom stereocenters. The molecule has 0 N–H and O–H groups in total. The molecular formula is C11H16F3N. The van der Waals surface area contributed by atoms with Crippen molar-refractivity contribution in [2.24, 2.45) is 7.05 Å². The van der Waals surface area contributed by atoms with Gasteiger partial charge in [-0.15, -0.1) is 0 Å². The first-order valence-electron chi connectivity index (χ1n) is 4.79. The number of aromatic nitrogens is 1. The summed E-state index contributed by atoms with van der Waals surface area (Å²) in [5.41, 5.74) is 0.569. The quantitative estimate of drug-likeness (QED) is 0.627. The molecule has 4 heteroatoms. The topological polar surface area (TPSA) is 4.93 Å². The van der Waals surface area contributed by atoms with Crippen LogP contribution in [0.5, 0.6) is 0 Å². The van der Waals surface area contributed by atoms with Gasteiger partial charge in [-0.3, -0.25) is 0 Å². The Kier molecular flexibility index (Phi) is 2.66. The van der Waals surface area contributed by atoms with E-state index in [9.17, 15) is 13.2 Å². The van der Waals surface area contributed by atoms with Crippen molar-refractivity contribution in [3.8, 4) is 0 Å². The van der Waals surface area contributed by atoms with Gasteiger partial charge in [0.2, 0.25) is 0 Å². The molecule has 0 aliphatic heterocycles. The molecule has 1 rings (SSSR count). The van der Waals surface area contributed by atoms with Gasteiger partial charge in [-0.25, -0.2) is 0 Å². The Labute approximate surface area is 87.9 Å². The predicted octanol–water partition coefficient (Wildman–Crippen LogP) is 3.65. The second kappa shape index (κ2) is 3.29. The fourth-order valence-corrected chi connectivity index (χ4v) is 2.12. The third-order valence-electron chi connectivity index (χ3n) is 2.42. The number of halogens is 3. The van der Waals surface area contributed by atoms with Gasteiger partial charge in [-0.2, -0.15) is 13.2 Å². The number of rotatable bonds is 0. The highest BCUT2D eigenvalue weighted by molar-refractivity contribution is 5.32. The van der Waals surface area contributed by atoms with Crippen LogP contribution in [0.3, 0.4) is 0 Å². The summed E-state index contributed by atoms with van der Waals surface area (Å²) >= 11 is 0. The van der Waals surface area contributed by atoms with E-state index in [0.717, 1.165) is 5.69 Å². The van der Waals surface area contributed by atoms with Crippen LogP contribution in [-0.2, 0) is 18.6 Å². The standard InChI is InChI=1S/C11H16F3N/c1-7-6-8(11(12,13)14)15(5)9(7)10(2,3)4/h6H,1-5H3. The number of aryl methyl sites for hydroxylation is 1. The summed E-state index contributed by atoms with van der Waals surface area (Å²) in [7, 11) is 1.47. The molecule has 0 aliphatic rings. The van der Waals surface area contributed by atoms with Crippen molar-refractivity contribution in [1.29, 1.82) is 0 Å². The smallest absolute Gasteiger partial charge is 0.343 e. The molecule has 1 nitrogen and oxygen atoms in total. The Morgan fingerprint density at radius 1 is 1.13 bits per heavy atom. The molecule has 1 aromatic rings.